The SMILES string of the molecule is C[C@@H](NC(=O)c1cc(=O)n(C)c(=O)n1C)c1nc(-c2ccccc2)no1. The number of benzene rings is 1. The second kappa shape index (κ2) is 6.79. The van der Waals surface area contributed by atoms with Crippen molar-refractivity contribution in [1.82, 2.24) is 24.6 Å². The zero-order valence-electron chi connectivity index (χ0n) is 14.5. The molecule has 2 heterocycles. The van der Waals surface area contributed by atoms with Gasteiger partial charge in [0.05, 0.1) is 0 Å². The Kier molecular flexibility index (Phi) is 4.53. The Morgan fingerprint density at radius 2 is 1.85 bits per heavy atom. The summed E-state index contributed by atoms with van der Waals surface area (Å²) in [6.45, 7) is 1.67. The number of rotatable bonds is 4. The molecule has 3 rings (SSSR count). The Morgan fingerprint density at radius 3 is 2.54 bits per heavy atom. The van der Waals surface area contributed by atoms with E-state index in [0.29, 0.717) is 5.82 Å². The van der Waals surface area contributed by atoms with Gasteiger partial charge in [-0.25, -0.2) is 4.79 Å². The molecule has 1 N–H and O–H groups in total. The van der Waals surface area contributed by atoms with Crippen LogP contribution in [0.2, 0.25) is 0 Å². The maximum absolute atomic E-state index is 12.4. The summed E-state index contributed by atoms with van der Waals surface area (Å²) in [6, 6.07) is 9.77. The molecule has 0 fully saturated rings. The van der Waals surface area contributed by atoms with Crippen molar-refractivity contribution in [2.75, 3.05) is 0 Å². The molecule has 0 saturated carbocycles. The van der Waals surface area contributed by atoms with E-state index in [9.17, 15) is 14.4 Å². The molecule has 0 spiro atoms. The van der Waals surface area contributed by atoms with Gasteiger partial charge in [0.15, 0.2) is 0 Å². The van der Waals surface area contributed by atoms with E-state index < -0.39 is 23.2 Å². The third-order valence-corrected chi connectivity index (χ3v) is 3.95. The monoisotopic (exact) mass is 355 g/mol. The first-order chi connectivity index (χ1) is 12.4. The van der Waals surface area contributed by atoms with Crippen LogP contribution in [0.25, 0.3) is 11.4 Å². The summed E-state index contributed by atoms with van der Waals surface area (Å²) in [5.74, 6) is 0.0305. The van der Waals surface area contributed by atoms with Crippen LogP contribution in [0, 0.1) is 0 Å². The Bertz CT molecular complexity index is 1060. The Labute approximate surface area is 147 Å². The molecule has 0 bridgehead atoms. The third kappa shape index (κ3) is 3.18. The first-order valence-electron chi connectivity index (χ1n) is 7.85. The van der Waals surface area contributed by atoms with Crippen molar-refractivity contribution in [1.29, 1.82) is 0 Å². The van der Waals surface area contributed by atoms with Gasteiger partial charge in [-0.2, -0.15) is 4.98 Å². The molecule has 0 radical (unpaired) electrons. The van der Waals surface area contributed by atoms with E-state index in [1.165, 1.54) is 14.1 Å². The van der Waals surface area contributed by atoms with E-state index in [4.69, 9.17) is 4.52 Å². The van der Waals surface area contributed by atoms with Gasteiger partial charge in [0, 0.05) is 25.7 Å². The molecule has 0 aliphatic heterocycles. The van der Waals surface area contributed by atoms with Gasteiger partial charge in [-0.05, 0) is 6.92 Å². The lowest BCUT2D eigenvalue weighted by atomic mass is 10.2. The van der Waals surface area contributed by atoms with Crippen molar-refractivity contribution in [2.24, 2.45) is 14.1 Å². The van der Waals surface area contributed by atoms with Crippen LogP contribution in [0.1, 0.15) is 29.3 Å². The lowest BCUT2D eigenvalue weighted by Gasteiger charge is -2.12. The minimum absolute atomic E-state index is 0.0484. The first-order valence-corrected chi connectivity index (χ1v) is 7.85. The summed E-state index contributed by atoms with van der Waals surface area (Å²) in [4.78, 5) is 40.4. The molecule has 3 aromatic rings. The minimum atomic E-state index is -0.605. The van der Waals surface area contributed by atoms with Gasteiger partial charge in [0.25, 0.3) is 11.5 Å². The van der Waals surface area contributed by atoms with Gasteiger partial charge in [-0.15, -0.1) is 0 Å². The fraction of sp³-hybridized carbons (Fsp3) is 0.235. The molecule has 26 heavy (non-hydrogen) atoms. The number of aromatic nitrogens is 4. The number of nitrogens with zero attached hydrogens (tertiary/aromatic N) is 4. The van der Waals surface area contributed by atoms with Crippen LogP contribution in [-0.4, -0.2) is 25.2 Å². The summed E-state index contributed by atoms with van der Waals surface area (Å²) in [5.41, 5.74) is -0.405. The van der Waals surface area contributed by atoms with Crippen molar-refractivity contribution < 1.29 is 9.32 Å². The summed E-state index contributed by atoms with van der Waals surface area (Å²) >= 11 is 0. The second-order valence-electron chi connectivity index (χ2n) is 5.79. The molecule has 1 amide bonds. The highest BCUT2D eigenvalue weighted by Crippen LogP contribution is 2.18. The van der Waals surface area contributed by atoms with Crippen LogP contribution in [0.3, 0.4) is 0 Å². The zero-order chi connectivity index (χ0) is 18.8. The molecule has 1 aromatic carbocycles. The van der Waals surface area contributed by atoms with Gasteiger partial charge in [0.2, 0.25) is 11.7 Å². The van der Waals surface area contributed by atoms with Crippen LogP contribution in [0.15, 0.2) is 50.5 Å². The van der Waals surface area contributed by atoms with Gasteiger partial charge in [-0.1, -0.05) is 35.5 Å². The second-order valence-corrected chi connectivity index (χ2v) is 5.79. The highest BCUT2D eigenvalue weighted by atomic mass is 16.5. The predicted molar refractivity (Wildman–Crippen MR) is 92.5 cm³/mol. The zero-order valence-corrected chi connectivity index (χ0v) is 14.5. The average Bonchev–Trinajstić information content (AvgIpc) is 3.14. The molecule has 0 aliphatic carbocycles. The van der Waals surface area contributed by atoms with E-state index in [2.05, 4.69) is 15.5 Å². The third-order valence-electron chi connectivity index (χ3n) is 3.95. The Balaban J connectivity index is 1.82. The van der Waals surface area contributed by atoms with Gasteiger partial charge in [0.1, 0.15) is 11.7 Å². The molecule has 9 nitrogen and oxygen atoms in total. The van der Waals surface area contributed by atoms with Crippen molar-refractivity contribution in [3.8, 4) is 11.4 Å². The normalized spacial score (nSPS) is 12.0. The topological polar surface area (TPSA) is 112 Å². The van der Waals surface area contributed by atoms with E-state index in [0.717, 1.165) is 20.8 Å². The number of carbonyl (C=O) groups is 1. The van der Waals surface area contributed by atoms with Crippen molar-refractivity contribution in [3.05, 3.63) is 68.8 Å². The largest absolute Gasteiger partial charge is 0.339 e. The molecular weight excluding hydrogens is 338 g/mol. The molecule has 0 saturated heterocycles. The maximum Gasteiger partial charge on any atom is 0.331 e. The van der Waals surface area contributed by atoms with Gasteiger partial charge in [-0.3, -0.25) is 18.7 Å². The predicted octanol–water partition coefficient (Wildman–Crippen LogP) is 0.625. The molecule has 0 aliphatic rings. The fourth-order valence-corrected chi connectivity index (χ4v) is 2.40. The first kappa shape index (κ1) is 17.3. The summed E-state index contributed by atoms with van der Waals surface area (Å²) in [5, 5.41) is 6.55. The van der Waals surface area contributed by atoms with Crippen LogP contribution in [0.5, 0.6) is 0 Å². The summed E-state index contributed by atoms with van der Waals surface area (Å²) in [6.07, 6.45) is 0. The fourth-order valence-electron chi connectivity index (χ4n) is 2.40. The van der Waals surface area contributed by atoms with Gasteiger partial charge >= 0.3 is 5.69 Å². The highest BCUT2D eigenvalue weighted by Gasteiger charge is 2.20. The molecule has 1 atom stereocenters. The van der Waals surface area contributed by atoms with E-state index in [1.54, 1.807) is 6.92 Å². The van der Waals surface area contributed by atoms with Crippen molar-refractivity contribution in [2.45, 2.75) is 13.0 Å². The molecule has 9 heteroatoms. The Morgan fingerprint density at radius 1 is 1.15 bits per heavy atom. The van der Waals surface area contributed by atoms with Gasteiger partial charge < -0.3 is 9.84 Å². The number of nitrogens with one attached hydrogen (secondary N) is 1. The number of hydrogen-bond acceptors (Lipinski definition) is 6. The minimum Gasteiger partial charge on any atom is -0.339 e. The van der Waals surface area contributed by atoms with Crippen molar-refractivity contribution in [3.63, 3.8) is 0 Å². The maximum atomic E-state index is 12.4. The quantitative estimate of drug-likeness (QED) is 0.734. The summed E-state index contributed by atoms with van der Waals surface area (Å²) < 4.78 is 7.23. The number of hydrogen-bond donors (Lipinski definition) is 1. The van der Waals surface area contributed by atoms with Crippen LogP contribution in [-0.2, 0) is 14.1 Å². The lowest BCUT2D eigenvalue weighted by molar-refractivity contribution is 0.0922. The van der Waals surface area contributed by atoms with Crippen LogP contribution in [0.4, 0.5) is 0 Å². The number of amides is 1. The number of carbonyl (C=O) groups excluding carboxylic acids is 1. The van der Waals surface area contributed by atoms with E-state index >= 15 is 0 Å². The standard InChI is InChI=1S/C17H17N5O4/c1-10(16-19-14(20-26-16)11-7-5-4-6-8-11)18-15(24)12-9-13(23)22(3)17(25)21(12)2/h4-10H,1-3H3,(H,18,24)/t10-/m1/s1. The molecule has 134 valence electrons. The molecular formula is C17H17N5O4. The average molecular weight is 355 g/mol. The Hall–Kier alpha value is -3.49. The molecule has 0 unspecified atom stereocenters. The van der Waals surface area contributed by atoms with Crippen LogP contribution >= 0.6 is 0 Å². The van der Waals surface area contributed by atoms with E-state index in [-0.39, 0.29) is 11.6 Å². The van der Waals surface area contributed by atoms with Crippen molar-refractivity contribution >= 4 is 5.91 Å². The van der Waals surface area contributed by atoms with Crippen LogP contribution < -0.4 is 16.6 Å². The highest BCUT2D eigenvalue weighted by molar-refractivity contribution is 5.92. The summed E-state index contributed by atoms with van der Waals surface area (Å²) in [7, 11) is 2.76. The molecule has 2 aromatic heterocycles. The lowest BCUT2D eigenvalue weighted by Crippen LogP contribution is -2.41. The smallest absolute Gasteiger partial charge is 0.331 e. The van der Waals surface area contributed by atoms with E-state index in [1.807, 2.05) is 30.3 Å².